The van der Waals surface area contributed by atoms with Gasteiger partial charge in [-0.05, 0) is 34.1 Å². The molecule has 0 aromatic carbocycles. The van der Waals surface area contributed by atoms with Gasteiger partial charge in [-0.3, -0.25) is 9.05 Å². The van der Waals surface area contributed by atoms with E-state index in [0.717, 1.165) is 6.08 Å². The molecule has 1 aliphatic heterocycles. The van der Waals surface area contributed by atoms with E-state index in [1.54, 1.807) is 0 Å². The lowest BCUT2D eigenvalue weighted by atomic mass is 9.84. The minimum atomic E-state index is -5.72. The van der Waals surface area contributed by atoms with Crippen molar-refractivity contribution in [3.63, 3.8) is 0 Å². The van der Waals surface area contributed by atoms with E-state index >= 15 is 0 Å². The predicted octanol–water partition coefficient (Wildman–Crippen LogP) is 5.07. The molecule has 1 fully saturated rings. The fraction of sp³-hybridized carbons (Fsp3) is 0.857. The first kappa shape index (κ1) is 20.7. The van der Waals surface area contributed by atoms with E-state index in [0.29, 0.717) is 0 Å². The molecule has 2 bridgehead atoms. The molecule has 2 atom stereocenters. The number of fused-ring (bicyclic) bond motifs is 2. The van der Waals surface area contributed by atoms with E-state index in [-0.39, 0.29) is 4.67 Å². The highest BCUT2D eigenvalue weighted by atomic mass is 31.2. The van der Waals surface area contributed by atoms with Crippen LogP contribution in [-0.4, -0.2) is 40.8 Å². The summed E-state index contributed by atoms with van der Waals surface area (Å²) in [5.41, 5.74) is -4.31. The van der Waals surface area contributed by atoms with Crippen LogP contribution in [0, 0.1) is 5.92 Å². The summed E-state index contributed by atoms with van der Waals surface area (Å²) in [6.45, 7) is 5.46. The van der Waals surface area contributed by atoms with Crippen LogP contribution >= 0.6 is 7.75 Å². The fourth-order valence-corrected chi connectivity index (χ4v) is 6.09. The lowest BCUT2D eigenvalue weighted by Crippen LogP contribution is -2.68. The number of halogens is 6. The maximum absolute atomic E-state index is 13.8. The molecule has 2 rings (SSSR count). The van der Waals surface area contributed by atoms with Gasteiger partial charge in [-0.15, -0.1) is 0 Å². The Morgan fingerprint density at radius 3 is 1.80 bits per heavy atom. The first-order chi connectivity index (χ1) is 11.2. The molecule has 0 unspecified atom stereocenters. The van der Waals surface area contributed by atoms with E-state index in [2.05, 4.69) is 0 Å². The first-order valence-corrected chi connectivity index (χ1v) is 9.24. The van der Waals surface area contributed by atoms with Gasteiger partial charge in [0.15, 0.2) is 0 Å². The van der Waals surface area contributed by atoms with Crippen LogP contribution in [-0.2, 0) is 13.6 Å². The van der Waals surface area contributed by atoms with Crippen LogP contribution in [0.5, 0.6) is 0 Å². The van der Waals surface area contributed by atoms with Crippen molar-refractivity contribution in [2.75, 3.05) is 0 Å². The van der Waals surface area contributed by atoms with E-state index in [4.69, 9.17) is 9.05 Å². The SMILES string of the molecule is CC(C)OP(=O)(OC(C)C)N1[C@H]2C=C[C@H](C2)C1(C(F)(F)F)C(F)(F)F. The van der Waals surface area contributed by atoms with E-state index in [9.17, 15) is 30.9 Å². The predicted molar refractivity (Wildman–Crippen MR) is 77.8 cm³/mol. The van der Waals surface area contributed by atoms with Crippen LogP contribution in [0.3, 0.4) is 0 Å². The van der Waals surface area contributed by atoms with Crippen molar-refractivity contribution in [2.24, 2.45) is 5.92 Å². The number of hydrogen-bond acceptors (Lipinski definition) is 3. The Balaban J connectivity index is 2.70. The van der Waals surface area contributed by atoms with E-state index in [1.165, 1.54) is 33.8 Å². The zero-order valence-electron chi connectivity index (χ0n) is 14.1. The molecule has 0 amide bonds. The molecule has 0 radical (unpaired) electrons. The Morgan fingerprint density at radius 1 is 1.00 bits per heavy atom. The lowest BCUT2D eigenvalue weighted by Gasteiger charge is -2.48. The van der Waals surface area contributed by atoms with Gasteiger partial charge in [0.2, 0.25) is 5.54 Å². The van der Waals surface area contributed by atoms with Crippen molar-refractivity contribution in [3.8, 4) is 0 Å². The Morgan fingerprint density at radius 2 is 1.44 bits per heavy atom. The van der Waals surface area contributed by atoms with Gasteiger partial charge in [0.05, 0.1) is 12.2 Å². The number of alkyl halides is 6. The quantitative estimate of drug-likeness (QED) is 0.370. The summed E-state index contributed by atoms with van der Waals surface area (Å²) in [4.78, 5) is 0. The first-order valence-electron chi connectivity index (χ1n) is 7.75. The van der Waals surface area contributed by atoms with Crippen LogP contribution in [0.25, 0.3) is 0 Å². The van der Waals surface area contributed by atoms with Crippen molar-refractivity contribution >= 4 is 7.75 Å². The number of rotatable bonds is 5. The lowest BCUT2D eigenvalue weighted by molar-refractivity contribution is -0.334. The molecule has 4 nitrogen and oxygen atoms in total. The minimum absolute atomic E-state index is 0.106. The van der Waals surface area contributed by atoms with Gasteiger partial charge in [-0.25, -0.2) is 4.57 Å². The average Bonchev–Trinajstić information content (AvgIpc) is 2.92. The summed E-state index contributed by atoms with van der Waals surface area (Å²) < 4.78 is 106. The van der Waals surface area contributed by atoms with Gasteiger partial charge < -0.3 is 0 Å². The smallest absolute Gasteiger partial charge is 0.294 e. The molecule has 25 heavy (non-hydrogen) atoms. The Kier molecular flexibility index (Phi) is 5.18. The van der Waals surface area contributed by atoms with Gasteiger partial charge >= 0.3 is 20.1 Å². The summed E-state index contributed by atoms with van der Waals surface area (Å²) in [5.74, 6) is -1.91. The Bertz CT molecular complexity index is 558. The minimum Gasteiger partial charge on any atom is -0.294 e. The van der Waals surface area contributed by atoms with Crippen molar-refractivity contribution in [3.05, 3.63) is 12.2 Å². The summed E-state index contributed by atoms with van der Waals surface area (Å²) in [5, 5.41) is 0. The largest absolute Gasteiger partial charge is 0.416 e. The summed E-state index contributed by atoms with van der Waals surface area (Å²) in [6, 6.07) is -1.34. The van der Waals surface area contributed by atoms with Crippen molar-refractivity contribution in [1.82, 2.24) is 4.67 Å². The van der Waals surface area contributed by atoms with Crippen LogP contribution in [0.2, 0.25) is 0 Å². The number of nitrogens with zero attached hydrogens (tertiary/aromatic N) is 1. The molecular formula is C14H20F6NO3P. The molecular weight excluding hydrogens is 375 g/mol. The molecule has 0 aromatic rings. The van der Waals surface area contributed by atoms with Gasteiger partial charge in [-0.2, -0.15) is 31.0 Å². The number of hydrogen-bond donors (Lipinski definition) is 0. The van der Waals surface area contributed by atoms with Gasteiger partial charge in [0.25, 0.3) is 0 Å². The molecule has 0 aromatic heterocycles. The molecule has 146 valence electrons. The van der Waals surface area contributed by atoms with Crippen LogP contribution in [0.15, 0.2) is 12.2 Å². The fourth-order valence-electron chi connectivity index (χ4n) is 3.48. The molecule has 11 heteroatoms. The maximum Gasteiger partial charge on any atom is 0.416 e. The summed E-state index contributed by atoms with van der Waals surface area (Å²) >= 11 is 0. The molecule has 0 saturated carbocycles. The van der Waals surface area contributed by atoms with Gasteiger partial charge in [-0.1, -0.05) is 12.2 Å². The second-order valence-corrected chi connectivity index (χ2v) is 8.47. The monoisotopic (exact) mass is 395 g/mol. The van der Waals surface area contributed by atoms with E-state index in [1.807, 2.05) is 0 Å². The molecule has 1 saturated heterocycles. The highest BCUT2D eigenvalue weighted by molar-refractivity contribution is 7.51. The average molecular weight is 395 g/mol. The molecule has 0 spiro atoms. The van der Waals surface area contributed by atoms with Gasteiger partial charge in [0, 0.05) is 12.0 Å². The van der Waals surface area contributed by atoms with Crippen LogP contribution in [0.4, 0.5) is 26.3 Å². The van der Waals surface area contributed by atoms with Gasteiger partial charge in [0.1, 0.15) is 0 Å². The second kappa shape index (κ2) is 6.25. The zero-order valence-corrected chi connectivity index (χ0v) is 15.0. The van der Waals surface area contributed by atoms with Crippen LogP contribution in [0.1, 0.15) is 34.1 Å². The normalized spacial score (nSPS) is 27.0. The second-order valence-electron chi connectivity index (χ2n) is 6.68. The zero-order chi connectivity index (χ0) is 19.4. The third kappa shape index (κ3) is 3.15. The Labute approximate surface area is 141 Å². The van der Waals surface area contributed by atoms with Crippen LogP contribution < -0.4 is 0 Å². The molecule has 2 aliphatic rings. The third-order valence-electron chi connectivity index (χ3n) is 4.09. The highest BCUT2D eigenvalue weighted by Crippen LogP contribution is 2.71. The summed E-state index contributed by atoms with van der Waals surface area (Å²) in [7, 11) is -4.89. The summed E-state index contributed by atoms with van der Waals surface area (Å²) in [6.07, 6.45) is -11.6. The van der Waals surface area contributed by atoms with Crippen molar-refractivity contribution < 1.29 is 40.0 Å². The molecule has 0 N–H and O–H groups in total. The Hall–Kier alpha value is -0.570. The molecule has 1 aliphatic carbocycles. The van der Waals surface area contributed by atoms with Crippen molar-refractivity contribution in [2.45, 2.75) is 70.3 Å². The standard InChI is InChI=1S/C14H20F6NO3P/c1-8(2)23-25(22,24-9(3)4)21-11-6-5-10(7-11)12(21,13(15,16)17)14(18,19)20/h5-6,8-11H,7H2,1-4H3/t10-,11+/m1/s1. The third-order valence-corrected chi connectivity index (χ3v) is 6.61. The topological polar surface area (TPSA) is 38.8 Å². The highest BCUT2D eigenvalue weighted by Gasteiger charge is 2.84. The maximum atomic E-state index is 13.8. The van der Waals surface area contributed by atoms with Crippen molar-refractivity contribution in [1.29, 1.82) is 0 Å². The molecule has 1 heterocycles. The van der Waals surface area contributed by atoms with E-state index < -0.39 is 56.2 Å².